The number of carbonyl (C=O) groups excluding carboxylic acids is 3. The Bertz CT molecular complexity index is 747. The highest BCUT2D eigenvalue weighted by atomic mass is 16.6. The summed E-state index contributed by atoms with van der Waals surface area (Å²) < 4.78 is 10.2. The highest BCUT2D eigenvalue weighted by Gasteiger charge is 2.40. The van der Waals surface area contributed by atoms with Crippen LogP contribution in [0.3, 0.4) is 0 Å². The van der Waals surface area contributed by atoms with Gasteiger partial charge in [0.25, 0.3) is 0 Å². The van der Waals surface area contributed by atoms with E-state index in [4.69, 9.17) is 9.47 Å². The summed E-state index contributed by atoms with van der Waals surface area (Å²) in [5.41, 5.74) is -0.110. The summed E-state index contributed by atoms with van der Waals surface area (Å²) in [6.07, 6.45) is -0.719. The molecule has 0 saturated carbocycles. The number of cyclic esters (lactones) is 1. The van der Waals surface area contributed by atoms with E-state index in [1.165, 1.54) is 6.92 Å². The molecule has 0 aliphatic carbocycles. The average Bonchev–Trinajstić information content (AvgIpc) is 2.85. The molecule has 2 atom stereocenters. The first-order valence-electron chi connectivity index (χ1n) is 8.80. The van der Waals surface area contributed by atoms with E-state index in [-0.39, 0.29) is 0 Å². The molecule has 1 aromatic carbocycles. The van der Waals surface area contributed by atoms with Crippen molar-refractivity contribution in [1.29, 1.82) is 0 Å². The normalized spacial score (nSPS) is 18.1. The van der Waals surface area contributed by atoms with Gasteiger partial charge in [0.2, 0.25) is 0 Å². The van der Waals surface area contributed by atoms with Crippen LogP contribution in [-0.4, -0.2) is 40.7 Å². The fourth-order valence-electron chi connectivity index (χ4n) is 2.64. The number of amides is 1. The van der Waals surface area contributed by atoms with Gasteiger partial charge in [0.1, 0.15) is 11.2 Å². The molecule has 0 radical (unpaired) electrons. The van der Waals surface area contributed by atoms with Crippen LogP contribution in [0.25, 0.3) is 0 Å². The highest BCUT2D eigenvalue weighted by molar-refractivity contribution is 6.21. The van der Waals surface area contributed by atoms with E-state index in [0.29, 0.717) is 12.8 Å². The predicted octanol–water partition coefficient (Wildman–Crippen LogP) is 2.84. The Hall–Kier alpha value is -2.83. The molecule has 2 N–H and O–H groups in total. The zero-order valence-corrected chi connectivity index (χ0v) is 15.9. The number of Topliss-reactive ketones (excluding diaryl/α,β-unsaturated/α-hetero) is 1. The SMILES string of the molecule is C[C@@H](NC(=O)OC(C)(C)C)C(=O)C1=C(O)C(CCc2ccccc2)OC1=O. The second-order valence-corrected chi connectivity index (χ2v) is 7.41. The summed E-state index contributed by atoms with van der Waals surface area (Å²) >= 11 is 0. The van der Waals surface area contributed by atoms with Crippen LogP contribution in [0, 0.1) is 0 Å². The number of aryl methyl sites for hydroxylation is 1. The Morgan fingerprint density at radius 2 is 1.89 bits per heavy atom. The predicted molar refractivity (Wildman–Crippen MR) is 98.1 cm³/mol. The third-order valence-corrected chi connectivity index (χ3v) is 3.93. The lowest BCUT2D eigenvalue weighted by Crippen LogP contribution is -2.42. The van der Waals surface area contributed by atoms with Gasteiger partial charge in [-0.1, -0.05) is 30.3 Å². The maximum absolute atomic E-state index is 12.5. The first kappa shape index (κ1) is 20.5. The number of ketones is 1. The molecule has 0 spiro atoms. The average molecular weight is 375 g/mol. The molecule has 1 aromatic rings. The monoisotopic (exact) mass is 375 g/mol. The number of ether oxygens (including phenoxy) is 2. The standard InChI is InChI=1S/C20H25NO6/c1-12(21-19(25)27-20(2,3)4)16(22)15-17(23)14(26-18(15)24)11-10-13-8-6-5-7-9-13/h5-9,12,14,23H,10-11H2,1-4H3,(H,21,25)/t12-,14?/m1/s1. The summed E-state index contributed by atoms with van der Waals surface area (Å²) in [6.45, 7) is 6.49. The lowest BCUT2D eigenvalue weighted by molar-refractivity contribution is -0.141. The van der Waals surface area contributed by atoms with Crippen molar-refractivity contribution in [2.45, 2.75) is 58.3 Å². The number of hydrogen-bond acceptors (Lipinski definition) is 6. The maximum atomic E-state index is 12.5. The number of nitrogens with one attached hydrogen (secondary N) is 1. The topological polar surface area (TPSA) is 102 Å². The van der Waals surface area contributed by atoms with E-state index < -0.39 is 46.9 Å². The van der Waals surface area contributed by atoms with Gasteiger partial charge in [-0.25, -0.2) is 9.59 Å². The molecule has 1 unspecified atom stereocenters. The van der Waals surface area contributed by atoms with Crippen molar-refractivity contribution in [2.24, 2.45) is 0 Å². The molecule has 1 heterocycles. The van der Waals surface area contributed by atoms with Gasteiger partial charge in [-0.3, -0.25) is 4.79 Å². The Labute approximate surface area is 158 Å². The lowest BCUT2D eigenvalue weighted by Gasteiger charge is -2.21. The molecule has 0 saturated heterocycles. The van der Waals surface area contributed by atoms with Crippen LogP contribution in [-0.2, 0) is 25.5 Å². The van der Waals surface area contributed by atoms with E-state index >= 15 is 0 Å². The number of rotatable bonds is 6. The largest absolute Gasteiger partial charge is 0.507 e. The van der Waals surface area contributed by atoms with Crippen molar-refractivity contribution in [2.75, 3.05) is 0 Å². The van der Waals surface area contributed by atoms with Gasteiger partial charge in [-0.2, -0.15) is 0 Å². The van der Waals surface area contributed by atoms with Crippen LogP contribution in [0.2, 0.25) is 0 Å². The van der Waals surface area contributed by atoms with Gasteiger partial charge in [0.15, 0.2) is 17.6 Å². The van der Waals surface area contributed by atoms with Crippen LogP contribution in [0.5, 0.6) is 0 Å². The second kappa shape index (κ2) is 8.24. The van der Waals surface area contributed by atoms with Gasteiger partial charge in [-0.05, 0) is 46.1 Å². The molecule has 0 aromatic heterocycles. The Balaban J connectivity index is 2.02. The van der Waals surface area contributed by atoms with Crippen LogP contribution in [0.1, 0.15) is 39.7 Å². The minimum Gasteiger partial charge on any atom is -0.507 e. The fraction of sp³-hybridized carbons (Fsp3) is 0.450. The van der Waals surface area contributed by atoms with E-state index in [1.807, 2.05) is 30.3 Å². The van der Waals surface area contributed by atoms with Crippen molar-refractivity contribution in [3.05, 3.63) is 47.2 Å². The van der Waals surface area contributed by atoms with Crippen LogP contribution < -0.4 is 5.32 Å². The lowest BCUT2D eigenvalue weighted by atomic mass is 10.0. The van der Waals surface area contributed by atoms with Crippen molar-refractivity contribution in [3.63, 3.8) is 0 Å². The molecule has 7 heteroatoms. The van der Waals surface area contributed by atoms with Crippen molar-refractivity contribution < 1.29 is 29.0 Å². The second-order valence-electron chi connectivity index (χ2n) is 7.41. The van der Waals surface area contributed by atoms with Crippen LogP contribution in [0.4, 0.5) is 4.79 Å². The van der Waals surface area contributed by atoms with Gasteiger partial charge in [-0.15, -0.1) is 0 Å². The van der Waals surface area contributed by atoms with E-state index in [9.17, 15) is 19.5 Å². The van der Waals surface area contributed by atoms with Gasteiger partial charge in [0.05, 0.1) is 6.04 Å². The summed E-state index contributed by atoms with van der Waals surface area (Å²) in [6, 6.07) is 8.49. The maximum Gasteiger partial charge on any atom is 0.408 e. The van der Waals surface area contributed by atoms with Crippen molar-refractivity contribution >= 4 is 17.8 Å². The first-order valence-corrected chi connectivity index (χ1v) is 8.80. The zero-order chi connectivity index (χ0) is 20.2. The van der Waals surface area contributed by atoms with E-state index in [1.54, 1.807) is 20.8 Å². The summed E-state index contributed by atoms with van der Waals surface area (Å²) in [5, 5.41) is 12.7. The minimum atomic E-state index is -1.04. The molecule has 2 rings (SSSR count). The summed E-state index contributed by atoms with van der Waals surface area (Å²) in [7, 11) is 0. The van der Waals surface area contributed by atoms with Crippen molar-refractivity contribution in [3.8, 4) is 0 Å². The van der Waals surface area contributed by atoms with E-state index in [0.717, 1.165) is 5.56 Å². The number of hydrogen-bond donors (Lipinski definition) is 2. The smallest absolute Gasteiger partial charge is 0.408 e. The zero-order valence-electron chi connectivity index (χ0n) is 15.9. The number of alkyl carbamates (subject to hydrolysis) is 1. The van der Waals surface area contributed by atoms with Gasteiger partial charge < -0.3 is 19.9 Å². The first-order chi connectivity index (χ1) is 12.6. The molecule has 1 aliphatic heterocycles. The Morgan fingerprint density at radius 3 is 2.48 bits per heavy atom. The van der Waals surface area contributed by atoms with Crippen LogP contribution in [0.15, 0.2) is 41.7 Å². The van der Waals surface area contributed by atoms with Crippen molar-refractivity contribution in [1.82, 2.24) is 5.32 Å². The number of esters is 1. The minimum absolute atomic E-state index is 0.353. The van der Waals surface area contributed by atoms with Crippen LogP contribution >= 0.6 is 0 Å². The third-order valence-electron chi connectivity index (χ3n) is 3.93. The number of benzene rings is 1. The third kappa shape index (κ3) is 5.57. The van der Waals surface area contributed by atoms with E-state index in [2.05, 4.69) is 5.32 Å². The number of aliphatic hydroxyl groups excluding tert-OH is 1. The molecule has 146 valence electrons. The molecule has 0 bridgehead atoms. The number of aliphatic hydroxyl groups is 1. The number of carbonyl (C=O) groups is 3. The molecule has 0 fully saturated rings. The molecule has 1 amide bonds. The Morgan fingerprint density at radius 1 is 1.26 bits per heavy atom. The molecular formula is C20H25NO6. The highest BCUT2D eigenvalue weighted by Crippen LogP contribution is 2.26. The Kier molecular flexibility index (Phi) is 6.25. The molecule has 7 nitrogen and oxygen atoms in total. The molecule has 27 heavy (non-hydrogen) atoms. The quantitative estimate of drug-likeness (QED) is 0.586. The molecular weight excluding hydrogens is 350 g/mol. The molecule has 1 aliphatic rings. The summed E-state index contributed by atoms with van der Waals surface area (Å²) in [5.74, 6) is -1.99. The summed E-state index contributed by atoms with van der Waals surface area (Å²) in [4.78, 5) is 36.4. The van der Waals surface area contributed by atoms with Gasteiger partial charge in [0, 0.05) is 0 Å². The van der Waals surface area contributed by atoms with Gasteiger partial charge >= 0.3 is 12.1 Å². The fourth-order valence-corrected chi connectivity index (χ4v) is 2.64.